The van der Waals surface area contributed by atoms with E-state index in [1.165, 1.54) is 283 Å². The first-order valence-electron chi connectivity index (χ1n) is 33.1. The maximum Gasteiger partial charge on any atom is 0.305 e. The van der Waals surface area contributed by atoms with Crippen LogP contribution in [0.3, 0.4) is 0 Å². The van der Waals surface area contributed by atoms with E-state index in [4.69, 9.17) is 4.74 Å². The molecule has 0 saturated heterocycles. The van der Waals surface area contributed by atoms with Gasteiger partial charge in [0.25, 0.3) is 0 Å². The van der Waals surface area contributed by atoms with Crippen molar-refractivity contribution >= 4 is 11.9 Å². The lowest BCUT2D eigenvalue weighted by molar-refractivity contribution is -0.143. The van der Waals surface area contributed by atoms with Gasteiger partial charge in [0.1, 0.15) is 0 Å². The Morgan fingerprint density at radius 1 is 0.384 bits per heavy atom. The number of amides is 1. The van der Waals surface area contributed by atoms with Gasteiger partial charge in [0, 0.05) is 12.8 Å². The Bertz CT molecular complexity index is 1140. The normalized spacial score (nSPS) is 12.7. The molecule has 0 aliphatic rings. The van der Waals surface area contributed by atoms with Crippen molar-refractivity contribution < 1.29 is 24.5 Å². The second-order valence-corrected chi connectivity index (χ2v) is 22.8. The predicted octanol–water partition coefficient (Wildman–Crippen LogP) is 21.0. The zero-order valence-electron chi connectivity index (χ0n) is 49.4. The summed E-state index contributed by atoms with van der Waals surface area (Å²) < 4.78 is 5.47. The zero-order chi connectivity index (χ0) is 52.9. The van der Waals surface area contributed by atoms with E-state index in [2.05, 4.69) is 43.5 Å². The van der Waals surface area contributed by atoms with Crippen LogP contribution in [0.2, 0.25) is 0 Å². The molecular weight excluding hydrogens is 899 g/mol. The average Bonchev–Trinajstić information content (AvgIpc) is 3.39. The average molecular weight is 1030 g/mol. The standard InChI is InChI=1S/C67H129NO5/c1-3-5-7-9-11-13-15-17-32-36-39-43-47-51-55-59-65(70)64(63-69)68-66(71)60-56-52-48-44-40-37-33-30-28-26-24-22-20-18-19-21-23-25-27-29-31-34-38-42-46-50-54-58-62-73-67(72)61-57-53-49-45-41-35-16-14-12-10-8-6-4-2/h8,10,14,16,64-65,69-70H,3-7,9,11-13,15,17-63H2,1-2H3,(H,68,71)/b10-8-,16-14-. The van der Waals surface area contributed by atoms with E-state index in [1.54, 1.807) is 0 Å². The number of carbonyl (C=O) groups is 2. The fraction of sp³-hybridized carbons (Fsp3) is 0.910. The molecular formula is C67H129NO5. The summed E-state index contributed by atoms with van der Waals surface area (Å²) in [7, 11) is 0. The van der Waals surface area contributed by atoms with Crippen molar-refractivity contribution in [3.63, 3.8) is 0 Å². The summed E-state index contributed by atoms with van der Waals surface area (Å²) in [5.74, 6) is -0.0256. The topological polar surface area (TPSA) is 95.9 Å². The van der Waals surface area contributed by atoms with Crippen LogP contribution in [0.1, 0.15) is 367 Å². The molecule has 73 heavy (non-hydrogen) atoms. The van der Waals surface area contributed by atoms with Crippen molar-refractivity contribution in [2.45, 2.75) is 379 Å². The quantitative estimate of drug-likeness (QED) is 0.0320. The maximum absolute atomic E-state index is 12.5. The molecule has 0 aliphatic heterocycles. The third-order valence-corrected chi connectivity index (χ3v) is 15.5. The van der Waals surface area contributed by atoms with Gasteiger partial charge in [0.15, 0.2) is 0 Å². The van der Waals surface area contributed by atoms with Crippen molar-refractivity contribution in [3.8, 4) is 0 Å². The highest BCUT2D eigenvalue weighted by atomic mass is 16.5. The molecule has 0 saturated carbocycles. The fourth-order valence-electron chi connectivity index (χ4n) is 10.4. The van der Waals surface area contributed by atoms with Crippen LogP contribution in [-0.2, 0) is 14.3 Å². The molecule has 432 valence electrons. The van der Waals surface area contributed by atoms with E-state index < -0.39 is 12.1 Å². The van der Waals surface area contributed by atoms with Gasteiger partial charge < -0.3 is 20.3 Å². The van der Waals surface area contributed by atoms with Crippen LogP contribution in [-0.4, -0.2) is 47.4 Å². The fourth-order valence-corrected chi connectivity index (χ4v) is 10.4. The second kappa shape index (κ2) is 62.9. The molecule has 3 N–H and O–H groups in total. The first-order chi connectivity index (χ1) is 36.0. The first-order valence-corrected chi connectivity index (χ1v) is 33.1. The minimum Gasteiger partial charge on any atom is -0.466 e. The molecule has 6 heteroatoms. The minimum atomic E-state index is -0.661. The van der Waals surface area contributed by atoms with Gasteiger partial charge in [-0.15, -0.1) is 0 Å². The number of unbranched alkanes of at least 4 members (excludes halogenated alkanes) is 47. The highest BCUT2D eigenvalue weighted by molar-refractivity contribution is 5.76. The Balaban J connectivity index is 3.34. The summed E-state index contributed by atoms with van der Waals surface area (Å²) in [5.41, 5.74) is 0. The molecule has 0 radical (unpaired) electrons. The Labute approximate surface area is 456 Å². The predicted molar refractivity (Wildman–Crippen MR) is 320 cm³/mol. The Kier molecular flexibility index (Phi) is 61.4. The Hall–Kier alpha value is -1.66. The number of aliphatic hydroxyl groups is 2. The summed E-state index contributed by atoms with van der Waals surface area (Å²) >= 11 is 0. The lowest BCUT2D eigenvalue weighted by Gasteiger charge is -2.22. The van der Waals surface area contributed by atoms with E-state index in [1.807, 2.05) is 0 Å². The molecule has 0 aromatic heterocycles. The highest BCUT2D eigenvalue weighted by Gasteiger charge is 2.20. The largest absolute Gasteiger partial charge is 0.466 e. The summed E-state index contributed by atoms with van der Waals surface area (Å²) in [6.45, 7) is 4.91. The van der Waals surface area contributed by atoms with Crippen molar-refractivity contribution in [1.82, 2.24) is 5.32 Å². The molecule has 0 rings (SSSR count). The Morgan fingerprint density at radius 2 is 0.712 bits per heavy atom. The molecule has 0 aliphatic carbocycles. The van der Waals surface area contributed by atoms with Gasteiger partial charge in [-0.3, -0.25) is 9.59 Å². The summed E-state index contributed by atoms with van der Waals surface area (Å²) in [5, 5.41) is 23.3. The van der Waals surface area contributed by atoms with Crippen LogP contribution in [0.4, 0.5) is 0 Å². The molecule has 0 aromatic carbocycles. The summed E-state index contributed by atoms with van der Waals surface area (Å²) in [4.78, 5) is 24.5. The summed E-state index contributed by atoms with van der Waals surface area (Å²) in [6.07, 6.45) is 77.8. The van der Waals surface area contributed by atoms with E-state index in [9.17, 15) is 19.8 Å². The number of carbonyl (C=O) groups excluding carboxylic acids is 2. The number of nitrogens with one attached hydrogen (secondary N) is 1. The van der Waals surface area contributed by atoms with E-state index in [0.717, 1.165) is 51.4 Å². The monoisotopic (exact) mass is 1030 g/mol. The van der Waals surface area contributed by atoms with Crippen LogP contribution in [0.25, 0.3) is 0 Å². The van der Waals surface area contributed by atoms with Crippen LogP contribution in [0.15, 0.2) is 24.3 Å². The molecule has 1 amide bonds. The lowest BCUT2D eigenvalue weighted by atomic mass is 10.0. The molecule has 0 fully saturated rings. The van der Waals surface area contributed by atoms with Gasteiger partial charge in [0.05, 0.1) is 25.4 Å². The number of aliphatic hydroxyl groups excluding tert-OH is 2. The van der Waals surface area contributed by atoms with Gasteiger partial charge in [-0.1, -0.05) is 327 Å². The number of allylic oxidation sites excluding steroid dienone is 4. The smallest absolute Gasteiger partial charge is 0.305 e. The number of rotatable bonds is 62. The van der Waals surface area contributed by atoms with Gasteiger partial charge in [-0.05, 0) is 51.4 Å². The first kappa shape index (κ1) is 71.3. The molecule has 6 nitrogen and oxygen atoms in total. The van der Waals surface area contributed by atoms with Crippen LogP contribution in [0, 0.1) is 0 Å². The van der Waals surface area contributed by atoms with Gasteiger partial charge in [0.2, 0.25) is 5.91 Å². The molecule has 0 aromatic rings. The van der Waals surface area contributed by atoms with Crippen molar-refractivity contribution in [3.05, 3.63) is 24.3 Å². The van der Waals surface area contributed by atoms with Gasteiger partial charge in [-0.25, -0.2) is 0 Å². The van der Waals surface area contributed by atoms with Gasteiger partial charge in [-0.2, -0.15) is 0 Å². The molecule has 2 unspecified atom stereocenters. The number of hydrogen-bond acceptors (Lipinski definition) is 5. The van der Waals surface area contributed by atoms with Crippen LogP contribution >= 0.6 is 0 Å². The SMILES string of the molecule is CCC/C=C\C/C=C\CCCCCCCC(=O)OCCCCCCCCCCCCCCCCCCCCCCCCCCCCCCC(=O)NC(CO)C(O)CCCCCCCCCCCCCCCCC. The molecule has 0 bridgehead atoms. The van der Waals surface area contributed by atoms with E-state index in [0.29, 0.717) is 25.9 Å². The van der Waals surface area contributed by atoms with E-state index >= 15 is 0 Å². The minimum absolute atomic E-state index is 0.00379. The van der Waals surface area contributed by atoms with Crippen LogP contribution < -0.4 is 5.32 Å². The zero-order valence-corrected chi connectivity index (χ0v) is 49.4. The third-order valence-electron chi connectivity index (χ3n) is 15.5. The van der Waals surface area contributed by atoms with Crippen molar-refractivity contribution in [2.75, 3.05) is 13.2 Å². The summed E-state index contributed by atoms with van der Waals surface area (Å²) in [6, 6.07) is -0.538. The number of esters is 1. The second-order valence-electron chi connectivity index (χ2n) is 22.8. The third kappa shape index (κ3) is 59.4. The lowest BCUT2D eigenvalue weighted by Crippen LogP contribution is -2.45. The maximum atomic E-state index is 12.5. The highest BCUT2D eigenvalue weighted by Crippen LogP contribution is 2.19. The van der Waals surface area contributed by atoms with Crippen molar-refractivity contribution in [1.29, 1.82) is 0 Å². The molecule has 0 spiro atoms. The molecule has 0 heterocycles. The number of ether oxygens (including phenoxy) is 1. The number of hydrogen-bond donors (Lipinski definition) is 3. The molecule has 2 atom stereocenters. The van der Waals surface area contributed by atoms with Crippen molar-refractivity contribution in [2.24, 2.45) is 0 Å². The van der Waals surface area contributed by atoms with Crippen LogP contribution in [0.5, 0.6) is 0 Å². The Morgan fingerprint density at radius 3 is 1.10 bits per heavy atom. The van der Waals surface area contributed by atoms with E-state index in [-0.39, 0.29) is 18.5 Å². The van der Waals surface area contributed by atoms with Gasteiger partial charge >= 0.3 is 5.97 Å².